The highest BCUT2D eigenvalue weighted by atomic mass is 16.5. The van der Waals surface area contributed by atoms with Crippen LogP contribution in [0.2, 0.25) is 0 Å². The number of hydrogen-bond acceptors (Lipinski definition) is 7. The van der Waals surface area contributed by atoms with Gasteiger partial charge in [-0.2, -0.15) is 10.5 Å². The zero-order chi connectivity index (χ0) is 25.5. The fourth-order valence-corrected chi connectivity index (χ4v) is 5.39. The van der Waals surface area contributed by atoms with Gasteiger partial charge in [-0.15, -0.1) is 0 Å². The maximum atomic E-state index is 14.0. The van der Waals surface area contributed by atoms with Crippen molar-refractivity contribution in [3.05, 3.63) is 59.3 Å². The fraction of sp³-hybridized carbons (Fsp3) is 0.393. The lowest BCUT2D eigenvalue weighted by Gasteiger charge is -2.36. The molecule has 7 nitrogen and oxygen atoms in total. The lowest BCUT2D eigenvalue weighted by atomic mass is 9.66. The highest BCUT2D eigenvalue weighted by Gasteiger charge is 2.64. The zero-order valence-electron chi connectivity index (χ0n) is 20.8. The third-order valence-electron chi connectivity index (χ3n) is 7.00. The van der Waals surface area contributed by atoms with Gasteiger partial charge in [0.15, 0.2) is 22.7 Å². The van der Waals surface area contributed by atoms with Gasteiger partial charge in [0.2, 0.25) is 5.75 Å². The van der Waals surface area contributed by atoms with Crippen LogP contribution in [-0.4, -0.2) is 38.1 Å². The van der Waals surface area contributed by atoms with E-state index in [2.05, 4.69) is 12.1 Å². The molecule has 0 aliphatic carbocycles. The number of carbonyl (C=O) groups excluding carboxylic acids is 1. The number of hydrogen-bond donors (Lipinski definition) is 0. The molecule has 1 fully saturated rings. The molecular formula is C28H29N3O4. The van der Waals surface area contributed by atoms with Crippen LogP contribution in [0.15, 0.2) is 42.6 Å². The van der Waals surface area contributed by atoms with Crippen LogP contribution in [0.5, 0.6) is 17.2 Å². The first-order valence-corrected chi connectivity index (χ1v) is 11.4. The van der Waals surface area contributed by atoms with E-state index in [1.54, 1.807) is 12.1 Å². The van der Waals surface area contributed by atoms with E-state index in [-0.39, 0.29) is 5.78 Å². The summed E-state index contributed by atoms with van der Waals surface area (Å²) in [6.45, 7) is 5.57. The summed E-state index contributed by atoms with van der Waals surface area (Å²) in [4.78, 5) is 15.9. The number of carbonyl (C=O) groups is 1. The van der Waals surface area contributed by atoms with Gasteiger partial charge in [0.05, 0.1) is 45.6 Å². The third kappa shape index (κ3) is 3.51. The number of methoxy groups -OCH3 is 3. The summed E-state index contributed by atoms with van der Waals surface area (Å²) in [6, 6.07) is 14.5. The maximum absolute atomic E-state index is 14.0. The van der Waals surface area contributed by atoms with E-state index in [9.17, 15) is 15.3 Å². The van der Waals surface area contributed by atoms with Gasteiger partial charge in [0.25, 0.3) is 0 Å². The van der Waals surface area contributed by atoms with Gasteiger partial charge in [-0.05, 0) is 34.9 Å². The summed E-state index contributed by atoms with van der Waals surface area (Å²) in [6.07, 6.45) is 3.79. The molecule has 0 radical (unpaired) electrons. The standard InChI is InChI=1S/C28H29N3O4/c1-27(2,3)26(32)23-22(18-13-20(33-4)24(35-6)21(14-18)34-5)28(15-29,16-30)25-19-10-8-7-9-17(19)11-12-31(23)25/h7-14,22-23,25H,1-6H3/t22-,23+,25-/m0/s1. The summed E-state index contributed by atoms with van der Waals surface area (Å²) in [5, 5.41) is 21.3. The van der Waals surface area contributed by atoms with Gasteiger partial charge in [0.1, 0.15) is 0 Å². The van der Waals surface area contributed by atoms with Crippen molar-refractivity contribution in [2.45, 2.75) is 38.8 Å². The Labute approximate surface area is 206 Å². The molecule has 0 amide bonds. The van der Waals surface area contributed by atoms with E-state index in [0.29, 0.717) is 22.8 Å². The van der Waals surface area contributed by atoms with E-state index in [0.717, 1.165) is 11.1 Å². The molecule has 4 rings (SSSR count). The Morgan fingerprint density at radius 2 is 1.60 bits per heavy atom. The second-order valence-electron chi connectivity index (χ2n) is 9.88. The van der Waals surface area contributed by atoms with Crippen molar-refractivity contribution < 1.29 is 19.0 Å². The monoisotopic (exact) mass is 471 g/mol. The summed E-state index contributed by atoms with van der Waals surface area (Å²) >= 11 is 0. The molecule has 0 bridgehead atoms. The first kappa shape index (κ1) is 24.2. The molecule has 3 atom stereocenters. The molecule has 2 heterocycles. The van der Waals surface area contributed by atoms with E-state index in [1.165, 1.54) is 21.3 Å². The molecule has 180 valence electrons. The smallest absolute Gasteiger partial charge is 0.203 e. The molecule has 0 spiro atoms. The molecule has 2 aliphatic heterocycles. The Morgan fingerprint density at radius 3 is 2.11 bits per heavy atom. The number of Topliss-reactive ketones (excluding diaryl/α,β-unsaturated/α-hetero) is 1. The predicted octanol–water partition coefficient (Wildman–Crippen LogP) is 4.85. The molecule has 2 aliphatic rings. The molecule has 35 heavy (non-hydrogen) atoms. The highest BCUT2D eigenvalue weighted by molar-refractivity contribution is 5.91. The summed E-state index contributed by atoms with van der Waals surface area (Å²) in [7, 11) is 4.54. The highest BCUT2D eigenvalue weighted by Crippen LogP contribution is 2.61. The Morgan fingerprint density at radius 1 is 1.00 bits per heavy atom. The van der Waals surface area contributed by atoms with Gasteiger partial charge in [0, 0.05) is 17.5 Å². The lowest BCUT2D eigenvalue weighted by molar-refractivity contribution is -0.130. The molecule has 0 saturated carbocycles. The Hall–Kier alpha value is -3.97. The van der Waals surface area contributed by atoms with Crippen LogP contribution in [-0.2, 0) is 4.79 Å². The van der Waals surface area contributed by atoms with Crippen LogP contribution in [0, 0.1) is 33.5 Å². The van der Waals surface area contributed by atoms with Gasteiger partial charge in [-0.3, -0.25) is 4.79 Å². The largest absolute Gasteiger partial charge is 0.493 e. The first-order valence-electron chi connectivity index (χ1n) is 11.4. The van der Waals surface area contributed by atoms with Crippen LogP contribution in [0.25, 0.3) is 6.08 Å². The van der Waals surface area contributed by atoms with Crippen molar-refractivity contribution in [2.75, 3.05) is 21.3 Å². The summed E-state index contributed by atoms with van der Waals surface area (Å²) in [5.74, 6) is 0.359. The lowest BCUT2D eigenvalue weighted by Crippen LogP contribution is -2.43. The minimum absolute atomic E-state index is 0.0577. The minimum Gasteiger partial charge on any atom is -0.493 e. The van der Waals surface area contributed by atoms with Gasteiger partial charge in [-0.25, -0.2) is 0 Å². The molecule has 2 aromatic carbocycles. The van der Waals surface area contributed by atoms with E-state index in [4.69, 9.17) is 14.2 Å². The summed E-state index contributed by atoms with van der Waals surface area (Å²) in [5.41, 5.74) is 0.109. The Balaban J connectivity index is 2.06. The number of ether oxygens (including phenoxy) is 3. The Kier molecular flexibility index (Phi) is 5.99. The zero-order valence-corrected chi connectivity index (χ0v) is 20.8. The normalized spacial score (nSPS) is 21.8. The fourth-order valence-electron chi connectivity index (χ4n) is 5.39. The van der Waals surface area contributed by atoms with E-state index >= 15 is 0 Å². The number of rotatable bonds is 5. The third-order valence-corrected chi connectivity index (χ3v) is 7.00. The van der Waals surface area contributed by atoms with Crippen molar-refractivity contribution >= 4 is 11.9 Å². The van der Waals surface area contributed by atoms with Crippen LogP contribution >= 0.6 is 0 Å². The topological polar surface area (TPSA) is 95.6 Å². The quantitative estimate of drug-likeness (QED) is 0.615. The van der Waals surface area contributed by atoms with Gasteiger partial charge >= 0.3 is 0 Å². The number of nitrogens with zero attached hydrogens (tertiary/aromatic N) is 3. The van der Waals surface area contributed by atoms with E-state index in [1.807, 2.05) is 62.2 Å². The average Bonchev–Trinajstić information content (AvgIpc) is 3.17. The summed E-state index contributed by atoms with van der Waals surface area (Å²) < 4.78 is 16.6. The van der Waals surface area contributed by atoms with Crippen LogP contribution in [0.1, 0.15) is 49.4 Å². The molecule has 0 aromatic heterocycles. The molecule has 2 aromatic rings. The number of fused-ring (bicyclic) bond motifs is 3. The van der Waals surface area contributed by atoms with Crippen molar-refractivity contribution in [1.82, 2.24) is 4.90 Å². The molecular weight excluding hydrogens is 442 g/mol. The van der Waals surface area contributed by atoms with Gasteiger partial charge in [-0.1, -0.05) is 45.0 Å². The molecule has 1 saturated heterocycles. The molecule has 0 N–H and O–H groups in total. The van der Waals surface area contributed by atoms with Crippen LogP contribution in [0.4, 0.5) is 0 Å². The van der Waals surface area contributed by atoms with Crippen LogP contribution < -0.4 is 14.2 Å². The second-order valence-corrected chi connectivity index (χ2v) is 9.88. The van der Waals surface area contributed by atoms with Gasteiger partial charge < -0.3 is 19.1 Å². The molecule has 7 heteroatoms. The maximum Gasteiger partial charge on any atom is 0.203 e. The van der Waals surface area contributed by atoms with Crippen LogP contribution in [0.3, 0.4) is 0 Å². The minimum atomic E-state index is -1.56. The second kappa shape index (κ2) is 8.67. The number of benzene rings is 2. The first-order chi connectivity index (χ1) is 16.7. The Bertz CT molecular complexity index is 1240. The van der Waals surface area contributed by atoms with E-state index < -0.39 is 28.8 Å². The predicted molar refractivity (Wildman–Crippen MR) is 131 cm³/mol. The van der Waals surface area contributed by atoms with Crippen molar-refractivity contribution in [2.24, 2.45) is 10.8 Å². The molecule has 0 unspecified atom stereocenters. The average molecular weight is 472 g/mol. The van der Waals surface area contributed by atoms with Crippen molar-refractivity contribution in [3.8, 4) is 29.4 Å². The SMILES string of the molecule is COc1cc([C@H]2[C@H](C(=O)C(C)(C)C)N3C=Cc4ccccc4[C@H]3C2(C#N)C#N)cc(OC)c1OC. The number of nitriles is 2. The van der Waals surface area contributed by atoms with Crippen molar-refractivity contribution in [1.29, 1.82) is 10.5 Å². The van der Waals surface area contributed by atoms with Crippen molar-refractivity contribution in [3.63, 3.8) is 0 Å². The number of ketones is 1.